The summed E-state index contributed by atoms with van der Waals surface area (Å²) in [6.07, 6.45) is -0.318. The van der Waals surface area contributed by atoms with E-state index < -0.39 is 42.9 Å². The number of carbonyl (C=O) groups excluding carboxylic acids is 2. The number of ether oxygens (including phenoxy) is 1. The predicted octanol–water partition coefficient (Wildman–Crippen LogP) is 3.97. The zero-order valence-electron chi connectivity index (χ0n) is 19.3. The van der Waals surface area contributed by atoms with E-state index in [-0.39, 0.29) is 48.9 Å². The summed E-state index contributed by atoms with van der Waals surface area (Å²) in [6.45, 7) is 4.29. The first kappa shape index (κ1) is 25.7. The Morgan fingerprint density at radius 3 is 2.65 bits per heavy atom. The topological polar surface area (TPSA) is 116 Å². The van der Waals surface area contributed by atoms with E-state index in [0.717, 1.165) is 6.92 Å². The Balaban J connectivity index is 1.67. The smallest absolute Gasteiger partial charge is 0.526 e. The van der Waals surface area contributed by atoms with Crippen molar-refractivity contribution in [2.45, 2.75) is 71.2 Å². The summed E-state index contributed by atoms with van der Waals surface area (Å²) in [4.78, 5) is 36.3. The van der Waals surface area contributed by atoms with Crippen LogP contribution in [-0.4, -0.2) is 29.8 Å². The summed E-state index contributed by atoms with van der Waals surface area (Å²) in [7, 11) is -1.39. The van der Waals surface area contributed by atoms with E-state index in [9.17, 15) is 28.2 Å². The van der Waals surface area contributed by atoms with E-state index in [1.165, 1.54) is 6.07 Å². The van der Waals surface area contributed by atoms with Crippen molar-refractivity contribution in [2.24, 2.45) is 5.92 Å². The maximum Gasteiger partial charge on any atom is 0.526 e. The molecule has 0 bridgehead atoms. The first-order chi connectivity index (χ1) is 15.9. The van der Waals surface area contributed by atoms with Gasteiger partial charge in [0, 0.05) is 31.5 Å². The molecule has 2 heterocycles. The van der Waals surface area contributed by atoms with Gasteiger partial charge in [0.05, 0.1) is 0 Å². The minimum Gasteiger partial charge on any atom is -0.535 e. The van der Waals surface area contributed by atoms with Crippen LogP contribution < -0.4 is 10.5 Å². The second-order valence-electron chi connectivity index (χ2n) is 9.05. The molecular formula is C23H27BF2O8. The highest BCUT2D eigenvalue weighted by molar-refractivity contribution is 6.47. The second kappa shape index (κ2) is 10.5. The van der Waals surface area contributed by atoms with Crippen LogP contribution in [0.2, 0.25) is 5.82 Å². The highest BCUT2D eigenvalue weighted by atomic mass is 19.3. The zero-order valence-corrected chi connectivity index (χ0v) is 19.3. The van der Waals surface area contributed by atoms with Crippen molar-refractivity contribution in [3.05, 3.63) is 51.5 Å². The Bertz CT molecular complexity index is 1090. The third-order valence-corrected chi connectivity index (χ3v) is 5.43. The van der Waals surface area contributed by atoms with Crippen molar-refractivity contribution >= 4 is 18.9 Å². The fourth-order valence-electron chi connectivity index (χ4n) is 3.75. The normalized spacial score (nSPS) is 15.7. The molecule has 0 unspecified atom stereocenters. The summed E-state index contributed by atoms with van der Waals surface area (Å²) in [5, 5.41) is 10.4. The van der Waals surface area contributed by atoms with Gasteiger partial charge in [-0.15, -0.1) is 0 Å². The van der Waals surface area contributed by atoms with Crippen molar-refractivity contribution in [3.8, 4) is 5.75 Å². The lowest BCUT2D eigenvalue weighted by molar-refractivity contribution is -0.121. The molecule has 0 aliphatic carbocycles. The average Bonchev–Trinajstić information content (AvgIpc) is 3.08. The molecule has 1 aliphatic heterocycles. The number of halogens is 2. The molecular weight excluding hydrogens is 453 g/mol. The van der Waals surface area contributed by atoms with Gasteiger partial charge in [0.25, 0.3) is 0 Å². The molecule has 1 aromatic carbocycles. The zero-order chi connectivity index (χ0) is 25.0. The van der Waals surface area contributed by atoms with Crippen LogP contribution in [0.1, 0.15) is 67.5 Å². The van der Waals surface area contributed by atoms with Gasteiger partial charge in [-0.2, -0.15) is 0 Å². The molecule has 1 atom stereocenters. The van der Waals surface area contributed by atoms with Crippen LogP contribution in [0.4, 0.5) is 8.78 Å². The van der Waals surface area contributed by atoms with Gasteiger partial charge < -0.3 is 23.2 Å². The van der Waals surface area contributed by atoms with E-state index in [2.05, 4.69) is 0 Å². The summed E-state index contributed by atoms with van der Waals surface area (Å²) >= 11 is 0. The third-order valence-electron chi connectivity index (χ3n) is 5.43. The monoisotopic (exact) mass is 480 g/mol. The number of rotatable bonds is 10. The number of carbonyl (C=O) groups is 2. The molecule has 0 spiro atoms. The molecule has 8 nitrogen and oxygen atoms in total. The molecule has 3 rings (SSSR count). The summed E-state index contributed by atoms with van der Waals surface area (Å²) < 4.78 is 46.8. The summed E-state index contributed by atoms with van der Waals surface area (Å²) in [6, 6.07) is 4.75. The first-order valence-electron chi connectivity index (χ1n) is 11.1. The highest BCUT2D eigenvalue weighted by Gasteiger charge is 2.38. The molecule has 0 fully saturated rings. The lowest BCUT2D eigenvalue weighted by Crippen LogP contribution is -2.36. The van der Waals surface area contributed by atoms with Gasteiger partial charge in [-0.05, 0) is 30.9 Å². The quantitative estimate of drug-likeness (QED) is 0.401. The molecule has 2 aromatic rings. The molecule has 0 radical (unpaired) electrons. The maximum atomic E-state index is 13.0. The van der Waals surface area contributed by atoms with Gasteiger partial charge in [0.1, 0.15) is 17.1 Å². The Kier molecular flexibility index (Phi) is 7.96. The van der Waals surface area contributed by atoms with Crippen LogP contribution in [0, 0.1) is 5.92 Å². The van der Waals surface area contributed by atoms with Crippen LogP contribution in [0.3, 0.4) is 0 Å². The van der Waals surface area contributed by atoms with Crippen molar-refractivity contribution in [2.75, 3.05) is 0 Å². The fraction of sp³-hybridized carbons (Fsp3) is 0.522. The molecule has 1 aromatic heterocycles. The lowest BCUT2D eigenvalue weighted by Gasteiger charge is -2.28. The van der Waals surface area contributed by atoms with Crippen molar-refractivity contribution < 1.29 is 41.6 Å². The minimum absolute atomic E-state index is 0.0585. The number of alkyl halides is 2. The average molecular weight is 480 g/mol. The largest absolute Gasteiger partial charge is 0.535 e. The minimum atomic E-state index is -2.94. The Hall–Kier alpha value is -2.95. The molecule has 0 saturated heterocycles. The Morgan fingerprint density at radius 2 is 1.97 bits per heavy atom. The van der Waals surface area contributed by atoms with E-state index in [4.69, 9.17) is 18.2 Å². The van der Waals surface area contributed by atoms with Crippen LogP contribution in [0.5, 0.6) is 5.75 Å². The number of hydrogen-bond donors (Lipinski definition) is 1. The Labute approximate surface area is 195 Å². The van der Waals surface area contributed by atoms with Crippen molar-refractivity contribution in [1.82, 2.24) is 0 Å². The van der Waals surface area contributed by atoms with E-state index >= 15 is 0 Å². The van der Waals surface area contributed by atoms with Gasteiger partial charge in [0.2, 0.25) is 5.92 Å². The maximum absolute atomic E-state index is 13.0. The number of fused-ring (bicyclic) bond motifs is 1. The van der Waals surface area contributed by atoms with Crippen LogP contribution in [0.25, 0.3) is 0 Å². The first-order valence-corrected chi connectivity index (χ1v) is 11.1. The van der Waals surface area contributed by atoms with E-state index in [0.29, 0.717) is 17.7 Å². The van der Waals surface area contributed by atoms with Gasteiger partial charge >= 0.3 is 18.9 Å². The molecule has 11 heteroatoms. The number of Topliss-reactive ketones (excluding diaryl/α,β-unsaturated/α-hetero) is 1. The molecule has 0 amide bonds. The number of benzene rings is 1. The summed E-state index contributed by atoms with van der Waals surface area (Å²) in [5.74, 6) is -4.87. The van der Waals surface area contributed by atoms with Gasteiger partial charge in [-0.1, -0.05) is 26.0 Å². The molecule has 0 saturated carbocycles. The second-order valence-corrected chi connectivity index (χ2v) is 9.05. The van der Waals surface area contributed by atoms with Crippen LogP contribution in [-0.2, 0) is 29.0 Å². The van der Waals surface area contributed by atoms with Crippen molar-refractivity contribution in [3.63, 3.8) is 0 Å². The standard InChI is InChI=1S/C23H27BF2O8/c1-13(2)9-18-19(33-22(29)32-18)12-31-21(28)17-6-4-5-14-10-15(24(30)34-20(14)17)11-16(27)7-8-23(3,25)26/h4-6,13,15,30H,7-12H2,1-3H3/t15-/m1/s1. The SMILES string of the molecule is CC(C)Cc1oc(=O)oc1COC(=O)c1cccc2c1OB(O)[C@@H](CC(=O)CCC(C)(F)F)C2. The van der Waals surface area contributed by atoms with Gasteiger partial charge in [-0.25, -0.2) is 18.4 Å². The van der Waals surface area contributed by atoms with Gasteiger partial charge in [0.15, 0.2) is 18.1 Å². The molecule has 184 valence electrons. The molecule has 1 aliphatic rings. The fourth-order valence-corrected chi connectivity index (χ4v) is 3.75. The lowest BCUT2D eigenvalue weighted by atomic mass is 9.64. The van der Waals surface area contributed by atoms with Crippen molar-refractivity contribution in [1.29, 1.82) is 0 Å². The number of esters is 1. The van der Waals surface area contributed by atoms with E-state index in [1.807, 2.05) is 13.8 Å². The highest BCUT2D eigenvalue weighted by Crippen LogP contribution is 2.37. The number of ketones is 1. The van der Waals surface area contributed by atoms with Gasteiger partial charge in [-0.3, -0.25) is 4.79 Å². The Morgan fingerprint density at radius 1 is 1.26 bits per heavy atom. The third kappa shape index (κ3) is 6.79. The van der Waals surface area contributed by atoms with E-state index in [1.54, 1.807) is 12.1 Å². The molecule has 34 heavy (non-hydrogen) atoms. The number of para-hydroxylation sites is 1. The number of hydrogen-bond acceptors (Lipinski definition) is 8. The van der Waals surface area contributed by atoms with Crippen LogP contribution in [0.15, 0.2) is 31.8 Å². The predicted molar refractivity (Wildman–Crippen MR) is 117 cm³/mol. The van der Waals surface area contributed by atoms with Crippen LogP contribution >= 0.6 is 0 Å². The summed E-state index contributed by atoms with van der Waals surface area (Å²) in [5.41, 5.74) is 0.636. The molecule has 1 N–H and O–H groups in total.